The highest BCUT2D eigenvalue weighted by molar-refractivity contribution is 6.02. The van der Waals surface area contributed by atoms with E-state index in [4.69, 9.17) is 0 Å². The van der Waals surface area contributed by atoms with E-state index in [2.05, 4.69) is 6.07 Å². The van der Waals surface area contributed by atoms with Gasteiger partial charge in [0.2, 0.25) is 5.91 Å². The number of piperidine rings is 1. The Hall–Kier alpha value is -3.15. The molecule has 1 atom stereocenters. The third-order valence-electron chi connectivity index (χ3n) is 8.05. The van der Waals surface area contributed by atoms with Gasteiger partial charge in [-0.3, -0.25) is 14.4 Å². The van der Waals surface area contributed by atoms with Crippen LogP contribution in [0.15, 0.2) is 42.5 Å². The van der Waals surface area contributed by atoms with Gasteiger partial charge >= 0.3 is 0 Å². The molecule has 2 fully saturated rings. The molecule has 2 saturated heterocycles. The second-order valence-corrected chi connectivity index (χ2v) is 10.7. The van der Waals surface area contributed by atoms with Gasteiger partial charge in [0.05, 0.1) is 11.5 Å². The summed E-state index contributed by atoms with van der Waals surface area (Å²) in [7, 11) is 0. The van der Waals surface area contributed by atoms with Gasteiger partial charge in [-0.2, -0.15) is 0 Å². The Labute approximate surface area is 207 Å². The molecule has 3 aliphatic rings. The van der Waals surface area contributed by atoms with Crippen molar-refractivity contribution in [2.75, 3.05) is 26.2 Å². The zero-order valence-corrected chi connectivity index (χ0v) is 21.2. The molecular formula is C29H35N3O3. The molecule has 5 rings (SSSR count). The molecule has 1 spiro atoms. The first kappa shape index (κ1) is 23.6. The van der Waals surface area contributed by atoms with Crippen molar-refractivity contribution < 1.29 is 14.4 Å². The Bertz CT molecular complexity index is 1160. The summed E-state index contributed by atoms with van der Waals surface area (Å²) in [5, 5.41) is 0. The first-order valence-corrected chi connectivity index (χ1v) is 12.8. The number of carbonyl (C=O) groups excluding carboxylic acids is 3. The summed E-state index contributed by atoms with van der Waals surface area (Å²) in [5.41, 5.74) is 3.70. The molecule has 1 unspecified atom stereocenters. The minimum Gasteiger partial charge on any atom is -0.342 e. The van der Waals surface area contributed by atoms with Gasteiger partial charge < -0.3 is 14.7 Å². The van der Waals surface area contributed by atoms with Crippen LogP contribution in [0, 0.1) is 13.8 Å². The molecule has 3 amide bonds. The van der Waals surface area contributed by atoms with E-state index in [9.17, 15) is 14.4 Å². The number of hydrogen-bond donors (Lipinski definition) is 0. The number of amides is 3. The van der Waals surface area contributed by atoms with Crippen LogP contribution in [0.1, 0.15) is 76.4 Å². The smallest absolute Gasteiger partial charge is 0.254 e. The Morgan fingerprint density at radius 2 is 1.54 bits per heavy atom. The second kappa shape index (κ2) is 8.81. The number of benzene rings is 2. The van der Waals surface area contributed by atoms with Gasteiger partial charge in [-0.25, -0.2) is 0 Å². The average Bonchev–Trinajstić information content (AvgIpc) is 2.77. The highest BCUT2D eigenvalue weighted by Gasteiger charge is 2.57. The van der Waals surface area contributed by atoms with Crippen LogP contribution in [0.5, 0.6) is 0 Å². The molecule has 0 saturated carbocycles. The maximum atomic E-state index is 13.9. The van der Waals surface area contributed by atoms with Crippen molar-refractivity contribution in [3.8, 4) is 0 Å². The van der Waals surface area contributed by atoms with E-state index in [1.807, 2.05) is 78.8 Å². The van der Waals surface area contributed by atoms with E-state index in [1.165, 1.54) is 0 Å². The van der Waals surface area contributed by atoms with Crippen molar-refractivity contribution in [1.29, 1.82) is 0 Å². The third-order valence-corrected chi connectivity index (χ3v) is 8.05. The first-order chi connectivity index (χ1) is 16.7. The minimum absolute atomic E-state index is 0.00246. The van der Waals surface area contributed by atoms with Crippen molar-refractivity contribution in [3.63, 3.8) is 0 Å². The van der Waals surface area contributed by atoms with Gasteiger partial charge in [0.25, 0.3) is 11.8 Å². The van der Waals surface area contributed by atoms with Crippen LogP contribution in [-0.4, -0.2) is 70.2 Å². The molecule has 0 N–H and O–H groups in total. The summed E-state index contributed by atoms with van der Waals surface area (Å²) in [6, 6.07) is 13.5. The predicted molar refractivity (Wildman–Crippen MR) is 135 cm³/mol. The quantitative estimate of drug-likeness (QED) is 0.673. The molecule has 3 heterocycles. The zero-order chi connectivity index (χ0) is 24.9. The number of hydrogen-bond acceptors (Lipinski definition) is 3. The molecule has 6 heteroatoms. The second-order valence-electron chi connectivity index (χ2n) is 10.7. The fourth-order valence-corrected chi connectivity index (χ4v) is 6.44. The normalized spacial score (nSPS) is 21.2. The van der Waals surface area contributed by atoms with E-state index in [0.717, 1.165) is 36.2 Å². The maximum Gasteiger partial charge on any atom is 0.254 e. The molecule has 6 nitrogen and oxygen atoms in total. The van der Waals surface area contributed by atoms with Gasteiger partial charge in [-0.1, -0.05) is 35.4 Å². The third kappa shape index (κ3) is 3.83. The van der Waals surface area contributed by atoms with E-state index < -0.39 is 11.5 Å². The highest BCUT2D eigenvalue weighted by Crippen LogP contribution is 2.49. The van der Waals surface area contributed by atoms with Gasteiger partial charge in [0.1, 0.15) is 0 Å². The zero-order valence-electron chi connectivity index (χ0n) is 21.2. The van der Waals surface area contributed by atoms with Crippen LogP contribution in [0.25, 0.3) is 0 Å². The molecule has 0 bridgehead atoms. The van der Waals surface area contributed by atoms with Crippen LogP contribution in [-0.2, 0) is 4.79 Å². The topological polar surface area (TPSA) is 60.9 Å². The number of fused-ring (bicyclic) bond motifs is 1. The van der Waals surface area contributed by atoms with Gasteiger partial charge in [-0.15, -0.1) is 0 Å². The minimum atomic E-state index is -0.633. The van der Waals surface area contributed by atoms with Crippen molar-refractivity contribution in [3.05, 3.63) is 70.3 Å². The summed E-state index contributed by atoms with van der Waals surface area (Å²) in [4.78, 5) is 46.9. The Balaban J connectivity index is 1.52. The van der Waals surface area contributed by atoms with Crippen molar-refractivity contribution in [1.82, 2.24) is 14.7 Å². The number of carbonyl (C=O) groups is 3. The van der Waals surface area contributed by atoms with Crippen LogP contribution in [0.3, 0.4) is 0 Å². The van der Waals surface area contributed by atoms with Crippen LogP contribution in [0.2, 0.25) is 0 Å². The Kier molecular flexibility index (Phi) is 5.94. The Morgan fingerprint density at radius 3 is 2.11 bits per heavy atom. The standard InChI is InChI=1S/C29H35N3O3/c1-19(2)32-27(34)24-9-6-5-8-23(24)25(28(35)30-12-7-13-30)29(32)10-14-31(15-11-29)26(33)22-17-20(3)16-21(4)18-22/h5-6,8-9,16-19,25H,7,10-15H2,1-4H3. The largest absolute Gasteiger partial charge is 0.342 e. The maximum absolute atomic E-state index is 13.9. The molecule has 0 aromatic heterocycles. The SMILES string of the molecule is Cc1cc(C)cc(C(=O)N2CCC3(CC2)C(C(=O)N2CCC2)c2ccccc2C(=O)N3C(C)C)c1. The van der Waals surface area contributed by atoms with Gasteiger partial charge in [0, 0.05) is 43.3 Å². The van der Waals surface area contributed by atoms with Crippen LogP contribution in [0.4, 0.5) is 0 Å². The van der Waals surface area contributed by atoms with Crippen molar-refractivity contribution >= 4 is 17.7 Å². The van der Waals surface area contributed by atoms with Crippen LogP contribution >= 0.6 is 0 Å². The average molecular weight is 474 g/mol. The number of aryl methyl sites for hydroxylation is 2. The van der Waals surface area contributed by atoms with E-state index >= 15 is 0 Å². The molecule has 0 aliphatic carbocycles. The number of rotatable bonds is 3. The lowest BCUT2D eigenvalue weighted by Crippen LogP contribution is -2.68. The number of likely N-dealkylation sites (tertiary alicyclic amines) is 2. The summed E-state index contributed by atoms with van der Waals surface area (Å²) < 4.78 is 0. The molecule has 2 aromatic carbocycles. The molecular weight excluding hydrogens is 438 g/mol. The predicted octanol–water partition coefficient (Wildman–Crippen LogP) is 4.16. The monoisotopic (exact) mass is 473 g/mol. The molecule has 0 radical (unpaired) electrons. The summed E-state index contributed by atoms with van der Waals surface area (Å²) in [6.45, 7) is 10.7. The van der Waals surface area contributed by atoms with Crippen LogP contribution < -0.4 is 0 Å². The van der Waals surface area contributed by atoms with E-state index in [-0.39, 0.29) is 23.8 Å². The molecule has 2 aromatic rings. The lowest BCUT2D eigenvalue weighted by Gasteiger charge is -2.57. The van der Waals surface area contributed by atoms with Crippen molar-refractivity contribution in [2.45, 2.75) is 64.5 Å². The molecule has 35 heavy (non-hydrogen) atoms. The molecule has 184 valence electrons. The van der Waals surface area contributed by atoms with Crippen molar-refractivity contribution in [2.24, 2.45) is 0 Å². The first-order valence-electron chi connectivity index (χ1n) is 12.8. The van der Waals surface area contributed by atoms with Gasteiger partial charge in [-0.05, 0) is 70.7 Å². The number of nitrogens with zero attached hydrogens (tertiary/aromatic N) is 3. The highest BCUT2D eigenvalue weighted by atomic mass is 16.2. The Morgan fingerprint density at radius 1 is 0.914 bits per heavy atom. The molecule has 3 aliphatic heterocycles. The van der Waals surface area contributed by atoms with Gasteiger partial charge in [0.15, 0.2) is 0 Å². The summed E-state index contributed by atoms with van der Waals surface area (Å²) >= 11 is 0. The fourth-order valence-electron chi connectivity index (χ4n) is 6.44. The lowest BCUT2D eigenvalue weighted by molar-refractivity contribution is -0.142. The summed E-state index contributed by atoms with van der Waals surface area (Å²) in [6.07, 6.45) is 2.20. The fraction of sp³-hybridized carbons (Fsp3) is 0.483. The van der Waals surface area contributed by atoms with E-state index in [1.54, 1.807) is 0 Å². The lowest BCUT2D eigenvalue weighted by atomic mass is 9.66. The summed E-state index contributed by atoms with van der Waals surface area (Å²) in [5.74, 6) is -0.262. The van der Waals surface area contributed by atoms with E-state index in [0.29, 0.717) is 37.1 Å².